The summed E-state index contributed by atoms with van der Waals surface area (Å²) in [6.07, 6.45) is 0. The van der Waals surface area contributed by atoms with Crippen molar-refractivity contribution < 1.29 is 9.13 Å². The van der Waals surface area contributed by atoms with Crippen LogP contribution in [-0.2, 0) is 13.2 Å². The first-order valence-corrected chi connectivity index (χ1v) is 6.44. The van der Waals surface area contributed by atoms with Gasteiger partial charge in [0.05, 0.1) is 5.69 Å². The summed E-state index contributed by atoms with van der Waals surface area (Å²) in [4.78, 5) is 3.25. The van der Waals surface area contributed by atoms with E-state index in [4.69, 9.17) is 10.5 Å². The zero-order valence-electron chi connectivity index (χ0n) is 10.9. The van der Waals surface area contributed by atoms with Gasteiger partial charge in [0.15, 0.2) is 11.6 Å². The molecule has 0 unspecified atom stereocenters. The summed E-state index contributed by atoms with van der Waals surface area (Å²) in [7, 11) is 0. The Morgan fingerprint density at radius 2 is 1.95 bits per heavy atom. The largest absolute Gasteiger partial charge is 0.484 e. The van der Waals surface area contributed by atoms with Gasteiger partial charge in [-0.2, -0.15) is 0 Å². The van der Waals surface area contributed by atoms with Gasteiger partial charge >= 0.3 is 0 Å². The second kappa shape index (κ2) is 5.35. The molecule has 0 aliphatic heterocycles. The third-order valence-electron chi connectivity index (χ3n) is 3.20. The van der Waals surface area contributed by atoms with Gasteiger partial charge < -0.3 is 15.5 Å². The predicted molar refractivity (Wildman–Crippen MR) is 76.9 cm³/mol. The molecule has 3 aromatic rings. The minimum Gasteiger partial charge on any atom is -0.484 e. The molecule has 0 aliphatic rings. The van der Waals surface area contributed by atoms with Crippen LogP contribution in [0, 0.1) is 5.82 Å². The average molecular weight is 270 g/mol. The van der Waals surface area contributed by atoms with E-state index in [9.17, 15) is 4.39 Å². The normalized spacial score (nSPS) is 10.9. The molecule has 0 amide bonds. The highest BCUT2D eigenvalue weighted by molar-refractivity contribution is 5.81. The second-order valence-corrected chi connectivity index (χ2v) is 4.64. The Morgan fingerprint density at radius 3 is 2.75 bits per heavy atom. The number of hydrogen-bond acceptors (Lipinski definition) is 2. The molecule has 0 saturated carbocycles. The maximum absolute atomic E-state index is 13.4. The van der Waals surface area contributed by atoms with Gasteiger partial charge in [-0.15, -0.1) is 0 Å². The minimum absolute atomic E-state index is 0.258. The number of nitrogens with one attached hydrogen (secondary N) is 1. The lowest BCUT2D eigenvalue weighted by atomic mass is 10.1. The predicted octanol–water partition coefficient (Wildman–Crippen LogP) is 3.34. The van der Waals surface area contributed by atoms with E-state index in [2.05, 4.69) is 4.98 Å². The Bertz CT molecular complexity index is 736. The monoisotopic (exact) mass is 270 g/mol. The van der Waals surface area contributed by atoms with Gasteiger partial charge in [-0.05, 0) is 35.9 Å². The zero-order chi connectivity index (χ0) is 13.9. The zero-order valence-corrected chi connectivity index (χ0v) is 10.9. The van der Waals surface area contributed by atoms with Crippen molar-refractivity contribution >= 4 is 10.9 Å². The summed E-state index contributed by atoms with van der Waals surface area (Å²) < 4.78 is 18.9. The lowest BCUT2D eigenvalue weighted by molar-refractivity contribution is 0.287. The molecule has 0 saturated heterocycles. The van der Waals surface area contributed by atoms with Crippen LogP contribution in [0.5, 0.6) is 5.75 Å². The van der Waals surface area contributed by atoms with Crippen molar-refractivity contribution in [1.29, 1.82) is 0 Å². The van der Waals surface area contributed by atoms with Crippen LogP contribution in [0.15, 0.2) is 48.5 Å². The van der Waals surface area contributed by atoms with Gasteiger partial charge in [-0.1, -0.05) is 18.2 Å². The maximum Gasteiger partial charge on any atom is 0.165 e. The van der Waals surface area contributed by atoms with E-state index in [0.717, 1.165) is 22.2 Å². The van der Waals surface area contributed by atoms with Crippen molar-refractivity contribution in [3.63, 3.8) is 0 Å². The van der Waals surface area contributed by atoms with Crippen molar-refractivity contribution in [2.24, 2.45) is 5.73 Å². The maximum atomic E-state index is 13.4. The number of nitrogens with two attached hydrogens (primary N) is 1. The van der Waals surface area contributed by atoms with E-state index in [1.54, 1.807) is 18.2 Å². The van der Waals surface area contributed by atoms with Gasteiger partial charge in [0, 0.05) is 17.4 Å². The van der Waals surface area contributed by atoms with Crippen LogP contribution in [-0.4, -0.2) is 4.98 Å². The van der Waals surface area contributed by atoms with Gasteiger partial charge in [0.1, 0.15) is 6.61 Å². The minimum atomic E-state index is -0.353. The molecule has 0 radical (unpaired) electrons. The molecule has 4 heteroatoms. The highest BCUT2D eigenvalue weighted by Gasteiger charge is 2.05. The Labute approximate surface area is 116 Å². The van der Waals surface area contributed by atoms with Crippen molar-refractivity contribution in [1.82, 2.24) is 4.98 Å². The summed E-state index contributed by atoms with van der Waals surface area (Å²) in [6.45, 7) is 0.815. The SMILES string of the molecule is NCc1ccc2[nH]c(COc3ccccc3F)cc2c1. The molecule has 3 nitrogen and oxygen atoms in total. The average Bonchev–Trinajstić information content (AvgIpc) is 2.88. The highest BCUT2D eigenvalue weighted by Crippen LogP contribution is 2.20. The fourth-order valence-electron chi connectivity index (χ4n) is 2.16. The Morgan fingerprint density at radius 1 is 1.10 bits per heavy atom. The van der Waals surface area contributed by atoms with Crippen molar-refractivity contribution in [3.05, 3.63) is 65.6 Å². The van der Waals surface area contributed by atoms with Gasteiger partial charge in [0.2, 0.25) is 0 Å². The fourth-order valence-corrected chi connectivity index (χ4v) is 2.16. The van der Waals surface area contributed by atoms with Crippen LogP contribution < -0.4 is 10.5 Å². The molecule has 102 valence electrons. The summed E-state index contributed by atoms with van der Waals surface area (Å²) in [5.41, 5.74) is 8.63. The van der Waals surface area contributed by atoms with E-state index in [1.165, 1.54) is 6.07 Å². The standard InChI is InChI=1S/C16H15FN2O/c17-14-3-1-2-4-16(14)20-10-13-8-12-7-11(9-18)5-6-15(12)19-13/h1-8,19H,9-10,18H2. The number of fused-ring (bicyclic) bond motifs is 1. The first-order chi connectivity index (χ1) is 9.76. The number of aromatic nitrogens is 1. The van der Waals surface area contributed by atoms with E-state index in [1.807, 2.05) is 24.3 Å². The van der Waals surface area contributed by atoms with E-state index < -0.39 is 0 Å². The Kier molecular flexibility index (Phi) is 3.39. The number of hydrogen-bond donors (Lipinski definition) is 2. The second-order valence-electron chi connectivity index (χ2n) is 4.64. The molecule has 1 aromatic heterocycles. The molecule has 0 fully saturated rings. The van der Waals surface area contributed by atoms with Gasteiger partial charge in [-0.3, -0.25) is 0 Å². The van der Waals surface area contributed by atoms with Gasteiger partial charge in [0.25, 0.3) is 0 Å². The van der Waals surface area contributed by atoms with Crippen LogP contribution >= 0.6 is 0 Å². The Hall–Kier alpha value is -2.33. The molecule has 1 heterocycles. The van der Waals surface area contributed by atoms with Crippen molar-refractivity contribution in [3.8, 4) is 5.75 Å². The summed E-state index contributed by atoms with van der Waals surface area (Å²) in [5, 5.41) is 1.08. The highest BCUT2D eigenvalue weighted by atomic mass is 19.1. The van der Waals surface area contributed by atoms with E-state index in [0.29, 0.717) is 13.2 Å². The van der Waals surface area contributed by atoms with Crippen LogP contribution in [0.4, 0.5) is 4.39 Å². The van der Waals surface area contributed by atoms with Crippen LogP contribution in [0.1, 0.15) is 11.3 Å². The van der Waals surface area contributed by atoms with E-state index in [-0.39, 0.29) is 11.6 Å². The number of halogens is 1. The lowest BCUT2D eigenvalue weighted by Crippen LogP contribution is -1.97. The van der Waals surface area contributed by atoms with Gasteiger partial charge in [-0.25, -0.2) is 4.39 Å². The smallest absolute Gasteiger partial charge is 0.165 e. The number of H-pyrrole nitrogens is 1. The first-order valence-electron chi connectivity index (χ1n) is 6.44. The third kappa shape index (κ3) is 2.51. The number of benzene rings is 2. The molecule has 0 atom stereocenters. The molecule has 3 rings (SSSR count). The number of ether oxygens (including phenoxy) is 1. The van der Waals surface area contributed by atoms with Crippen molar-refractivity contribution in [2.75, 3.05) is 0 Å². The molecule has 3 N–H and O–H groups in total. The quantitative estimate of drug-likeness (QED) is 0.764. The molecular weight excluding hydrogens is 255 g/mol. The van der Waals surface area contributed by atoms with E-state index >= 15 is 0 Å². The van der Waals surface area contributed by atoms with Crippen LogP contribution in [0.25, 0.3) is 10.9 Å². The topological polar surface area (TPSA) is 51.0 Å². The molecule has 2 aromatic carbocycles. The number of para-hydroxylation sites is 1. The number of rotatable bonds is 4. The molecule has 20 heavy (non-hydrogen) atoms. The van der Waals surface area contributed by atoms with Crippen LogP contribution in [0.3, 0.4) is 0 Å². The molecule has 0 bridgehead atoms. The van der Waals surface area contributed by atoms with Crippen LogP contribution in [0.2, 0.25) is 0 Å². The third-order valence-corrected chi connectivity index (χ3v) is 3.20. The number of aromatic amines is 1. The summed E-state index contributed by atoms with van der Waals surface area (Å²) >= 11 is 0. The first kappa shape index (κ1) is 12.7. The lowest BCUT2D eigenvalue weighted by Gasteiger charge is -2.05. The van der Waals surface area contributed by atoms with Crippen molar-refractivity contribution in [2.45, 2.75) is 13.2 Å². The summed E-state index contributed by atoms with van der Waals surface area (Å²) in [6, 6.07) is 14.4. The Balaban J connectivity index is 1.79. The molecular formula is C16H15FN2O. The fraction of sp³-hybridized carbons (Fsp3) is 0.125. The molecule has 0 spiro atoms. The molecule has 0 aliphatic carbocycles. The summed E-state index contributed by atoms with van der Waals surface area (Å²) in [5.74, 6) is -0.0946.